The molecule has 13 heteroatoms. The maximum Gasteiger partial charge on any atom is 0.340 e. The molecule has 1 aromatic rings. The van der Waals surface area contributed by atoms with Gasteiger partial charge in [0.1, 0.15) is 22.8 Å². The number of aromatic nitrogens is 1. The minimum absolute atomic E-state index is 0.00591. The lowest BCUT2D eigenvalue weighted by molar-refractivity contribution is -0.137. The first-order chi connectivity index (χ1) is 30.1. The second-order valence-electron chi connectivity index (χ2n) is 19.4. The summed E-state index contributed by atoms with van der Waals surface area (Å²) >= 11 is 0. The Hall–Kier alpha value is -3.65. The van der Waals surface area contributed by atoms with Crippen LogP contribution < -0.4 is 5.32 Å². The molecule has 5 heterocycles. The van der Waals surface area contributed by atoms with Crippen molar-refractivity contribution >= 4 is 51.2 Å². The van der Waals surface area contributed by atoms with Crippen molar-refractivity contribution in [1.82, 2.24) is 9.88 Å². The van der Waals surface area contributed by atoms with Crippen LogP contribution in [0.3, 0.4) is 0 Å². The predicted octanol–water partition coefficient (Wildman–Crippen LogP) is 8.64. The zero-order valence-corrected chi connectivity index (χ0v) is 37.3. The summed E-state index contributed by atoms with van der Waals surface area (Å²) in [5, 5.41) is 25.0. The Balaban J connectivity index is 1.14. The minimum atomic E-state index is -0.961. The Morgan fingerprint density at radius 3 is 2.53 bits per heavy atom. The van der Waals surface area contributed by atoms with E-state index in [1.807, 2.05) is 12.1 Å². The van der Waals surface area contributed by atoms with Crippen LogP contribution in [0.4, 0.5) is 5.82 Å². The van der Waals surface area contributed by atoms with Gasteiger partial charge in [-0.25, -0.2) is 14.6 Å². The van der Waals surface area contributed by atoms with E-state index in [2.05, 4.69) is 29.4 Å². The first kappa shape index (κ1) is 42.3. The van der Waals surface area contributed by atoms with Gasteiger partial charge in [-0.3, -0.25) is 14.5 Å². The predicted molar refractivity (Wildman–Crippen MR) is 237 cm³/mol. The van der Waals surface area contributed by atoms with Crippen LogP contribution in [0.5, 0.6) is 0 Å². The Labute approximate surface area is 372 Å². The molecule has 11 nitrogen and oxygen atoms in total. The van der Waals surface area contributed by atoms with Crippen LogP contribution >= 0.6 is 21.6 Å². The van der Waals surface area contributed by atoms with Gasteiger partial charge in [-0.15, -0.1) is 0 Å². The molecule has 1 saturated heterocycles. The highest BCUT2D eigenvalue weighted by atomic mass is 33.1. The molecule has 2 amide bonds. The first-order valence-electron chi connectivity index (χ1n) is 23.3. The molecule has 330 valence electrons. The van der Waals surface area contributed by atoms with E-state index in [1.165, 1.54) is 38.6 Å². The van der Waals surface area contributed by atoms with Gasteiger partial charge < -0.3 is 25.0 Å². The number of carbonyl (C=O) groups excluding carboxylic acids is 4. The number of imide groups is 1. The molecule has 0 radical (unpaired) electrons. The van der Waals surface area contributed by atoms with Crippen molar-refractivity contribution in [3.8, 4) is 0 Å². The molecule has 4 fully saturated rings. The highest BCUT2D eigenvalue weighted by Gasteiger charge is 2.69. The third-order valence-electron chi connectivity index (χ3n) is 16.6. The summed E-state index contributed by atoms with van der Waals surface area (Å²) in [5.74, 6) is 0.654. The van der Waals surface area contributed by atoms with Crippen LogP contribution in [0.15, 0.2) is 76.4 Å². The van der Waals surface area contributed by atoms with Gasteiger partial charge >= 0.3 is 11.9 Å². The number of amides is 2. The number of carbonyl (C=O) groups is 4. The maximum atomic E-state index is 15.0. The standard InChI is InChI=1S/C49H59N3O8S2/c1-2-48(19-3-4-20-48)25-36-34-12-11-33-32-17-21-49(43(33)42(34)45(56)59-36)37-14-13-31(29-9-7-28(8-10-29)6-5-23-53)47(58)62-61-27-51-38-24-30(18-22-50-38)35(41(32)44(49)46(57)60-37)26-52-39(54)15-16-40(52)55/h14-16,18,22,24-25,28-29,31-33,35,43,47,53,58H,2-13,17,19-21,23,26-27H2,1H3,(H,50,51)/b36-25-,37-14+/t28?,29?,31-,32-,33-,35-,43+,47+,49-/m0/s1. The zero-order valence-electron chi connectivity index (χ0n) is 35.7. The number of pyridine rings is 1. The molecule has 11 rings (SSSR count). The van der Waals surface area contributed by atoms with E-state index in [-0.39, 0.29) is 65.9 Å². The molecule has 0 aromatic carbocycles. The van der Waals surface area contributed by atoms with E-state index in [1.54, 1.807) is 6.20 Å². The fourth-order valence-corrected chi connectivity index (χ4v) is 15.7. The second-order valence-corrected chi connectivity index (χ2v) is 21.9. The smallest absolute Gasteiger partial charge is 0.340 e. The summed E-state index contributed by atoms with van der Waals surface area (Å²) in [6.45, 7) is 2.49. The third-order valence-corrected chi connectivity index (χ3v) is 18.9. The second kappa shape index (κ2) is 17.0. The maximum absolute atomic E-state index is 15.0. The van der Waals surface area contributed by atoms with Gasteiger partial charge in [-0.2, -0.15) is 0 Å². The molecule has 1 aromatic heterocycles. The number of esters is 2. The molecule has 7 bridgehead atoms. The van der Waals surface area contributed by atoms with Crippen LogP contribution in [0.2, 0.25) is 0 Å². The molecule has 1 spiro atoms. The zero-order chi connectivity index (χ0) is 42.8. The summed E-state index contributed by atoms with van der Waals surface area (Å²) < 4.78 is 12.9. The molecule has 62 heavy (non-hydrogen) atoms. The Morgan fingerprint density at radius 1 is 0.984 bits per heavy atom. The summed E-state index contributed by atoms with van der Waals surface area (Å²) in [4.78, 5) is 62.1. The molecule has 4 aliphatic heterocycles. The van der Waals surface area contributed by atoms with Crippen molar-refractivity contribution < 1.29 is 38.9 Å². The first-order valence-corrected chi connectivity index (χ1v) is 25.7. The van der Waals surface area contributed by atoms with Gasteiger partial charge in [-0.1, -0.05) is 54.2 Å². The Morgan fingerprint density at radius 2 is 1.77 bits per heavy atom. The highest BCUT2D eigenvalue weighted by molar-refractivity contribution is 8.76. The SMILES string of the molecule is CCC1(/C=C2\OC(=O)C3=C2CC[C@H]2[C@@H]4CC[C@@]5(C6=C4[C@@H](CN4C(=O)C=CC4=O)c4ccnc(c4)NCSS[C@@H](O)[C@H](C4CCC(CCCO)CC4)C/C=C\5OC6=O)[C@@H]32)CCCC1. The molecular weight excluding hydrogens is 823 g/mol. The summed E-state index contributed by atoms with van der Waals surface area (Å²) in [7, 11) is 2.99. The van der Waals surface area contributed by atoms with Crippen LogP contribution in [-0.2, 0) is 28.7 Å². The molecule has 7 atom stereocenters. The average molecular weight is 882 g/mol. The van der Waals surface area contributed by atoms with Gasteiger partial charge in [0, 0.05) is 60.4 Å². The lowest BCUT2D eigenvalue weighted by Gasteiger charge is -2.57. The van der Waals surface area contributed by atoms with Crippen molar-refractivity contribution in [3.05, 3.63) is 82.0 Å². The Kier molecular flexibility index (Phi) is 11.6. The molecular formula is C49H59N3O8S2. The van der Waals surface area contributed by atoms with E-state index in [9.17, 15) is 24.6 Å². The lowest BCUT2D eigenvalue weighted by atomic mass is 9.43. The summed E-state index contributed by atoms with van der Waals surface area (Å²) in [5.41, 5.74) is 2.36. The van der Waals surface area contributed by atoms with Crippen molar-refractivity contribution in [1.29, 1.82) is 0 Å². The topological polar surface area (TPSA) is 155 Å². The number of nitrogens with zero attached hydrogens (tertiary/aromatic N) is 2. The minimum Gasteiger partial charge on any atom is -0.427 e. The highest BCUT2D eigenvalue weighted by Crippen LogP contribution is 2.72. The van der Waals surface area contributed by atoms with Crippen LogP contribution in [0, 0.1) is 46.3 Å². The number of hydrogen-bond acceptors (Lipinski definition) is 12. The Bertz CT molecular complexity index is 2160. The van der Waals surface area contributed by atoms with Gasteiger partial charge in [0.25, 0.3) is 11.8 Å². The normalized spacial score (nSPS) is 36.7. The molecule has 3 saturated carbocycles. The van der Waals surface area contributed by atoms with E-state index < -0.39 is 22.7 Å². The number of anilines is 1. The van der Waals surface area contributed by atoms with E-state index in [0.717, 1.165) is 100 Å². The van der Waals surface area contributed by atoms with Gasteiger partial charge in [0.05, 0.1) is 16.9 Å². The number of hydrogen-bond donors (Lipinski definition) is 3. The van der Waals surface area contributed by atoms with Gasteiger partial charge in [0.15, 0.2) is 0 Å². The molecule has 10 aliphatic rings. The van der Waals surface area contributed by atoms with Crippen molar-refractivity contribution in [2.75, 3.05) is 24.3 Å². The summed E-state index contributed by atoms with van der Waals surface area (Å²) in [6, 6.07) is 3.88. The number of aliphatic hydroxyl groups is 2. The third kappa shape index (κ3) is 7.15. The number of nitrogens with one attached hydrogen (secondary N) is 1. The number of ether oxygens (including phenoxy) is 2. The van der Waals surface area contributed by atoms with Crippen LogP contribution in [-0.4, -0.2) is 68.3 Å². The van der Waals surface area contributed by atoms with Crippen molar-refractivity contribution in [2.24, 2.45) is 46.3 Å². The number of fused-ring (bicyclic) bond motifs is 3. The van der Waals surface area contributed by atoms with E-state index >= 15 is 4.79 Å². The number of aliphatic hydroxyl groups excluding tert-OH is 2. The fourth-order valence-electron chi connectivity index (χ4n) is 13.6. The quantitative estimate of drug-likeness (QED) is 0.130. The van der Waals surface area contributed by atoms with E-state index in [4.69, 9.17) is 9.47 Å². The van der Waals surface area contributed by atoms with Crippen molar-refractivity contribution in [3.63, 3.8) is 0 Å². The largest absolute Gasteiger partial charge is 0.427 e. The average Bonchev–Trinajstić information content (AvgIpc) is 4.05. The van der Waals surface area contributed by atoms with Gasteiger partial charge in [-0.05, 0) is 142 Å². The molecule has 6 aliphatic carbocycles. The summed E-state index contributed by atoms with van der Waals surface area (Å²) in [6.07, 6.45) is 23.5. The fraction of sp³-hybridized carbons (Fsp3) is 0.612. The molecule has 3 N–H and O–H groups in total. The van der Waals surface area contributed by atoms with Crippen LogP contribution in [0.25, 0.3) is 0 Å². The number of rotatable bonds is 8. The lowest BCUT2D eigenvalue weighted by Crippen LogP contribution is -2.53. The monoisotopic (exact) mass is 881 g/mol. The molecule has 0 unspecified atom stereocenters. The number of cyclic esters (lactones) is 1. The van der Waals surface area contributed by atoms with Crippen molar-refractivity contribution in [2.45, 2.75) is 121 Å². The van der Waals surface area contributed by atoms with Crippen LogP contribution in [0.1, 0.15) is 121 Å². The van der Waals surface area contributed by atoms with E-state index in [0.29, 0.717) is 59.5 Å². The van der Waals surface area contributed by atoms with Gasteiger partial charge in [0.2, 0.25) is 0 Å². The number of allylic oxidation sites excluding steroid dienone is 4.